The molecule has 0 N–H and O–H groups in total. The van der Waals surface area contributed by atoms with E-state index in [9.17, 15) is 10.5 Å². The lowest BCUT2D eigenvalue weighted by Crippen LogP contribution is -2.05. The van der Waals surface area contributed by atoms with Crippen molar-refractivity contribution >= 4 is 43.6 Å². The van der Waals surface area contributed by atoms with Gasteiger partial charge >= 0.3 is 0 Å². The summed E-state index contributed by atoms with van der Waals surface area (Å²) in [6.07, 6.45) is 0. The molecule has 0 aliphatic carbocycles. The molecule has 0 amide bonds. The minimum absolute atomic E-state index is 0.112. The second kappa shape index (κ2) is 17.6. The van der Waals surface area contributed by atoms with Gasteiger partial charge in [-0.05, 0) is 152 Å². The van der Waals surface area contributed by atoms with E-state index in [2.05, 4.69) is 41.2 Å². The zero-order valence-corrected chi connectivity index (χ0v) is 41.8. The van der Waals surface area contributed by atoms with Crippen molar-refractivity contribution in [3.63, 3.8) is 0 Å². The summed E-state index contributed by atoms with van der Waals surface area (Å²) in [5, 5.41) is 25.6. The molecule has 12 rings (SSSR count). The number of rotatable bonds is 7. The minimum atomic E-state index is -0.559. The normalized spacial score (nSPS) is 11.5. The molecule has 0 aliphatic rings. The van der Waals surface area contributed by atoms with Gasteiger partial charge < -0.3 is 9.13 Å². The molecule has 0 atom stereocenters. The summed E-state index contributed by atoms with van der Waals surface area (Å²) in [6.45, 7) is 14.7. The Morgan fingerprint density at radius 1 is 0.333 bits per heavy atom. The fourth-order valence-electron chi connectivity index (χ4n) is 10.2. The average Bonchev–Trinajstić information content (AvgIpc) is 3.89. The van der Waals surface area contributed by atoms with Crippen molar-refractivity contribution < 1.29 is 4.39 Å². The van der Waals surface area contributed by atoms with E-state index in [-0.39, 0.29) is 5.56 Å². The van der Waals surface area contributed by atoms with E-state index in [4.69, 9.17) is 39.9 Å². The molecule has 0 unspecified atom stereocenters. The van der Waals surface area contributed by atoms with Crippen LogP contribution in [0.3, 0.4) is 0 Å². The van der Waals surface area contributed by atoms with Crippen molar-refractivity contribution in [3.05, 3.63) is 167 Å². The van der Waals surface area contributed by atoms with Crippen LogP contribution in [0.5, 0.6) is 0 Å². The van der Waals surface area contributed by atoms with Crippen molar-refractivity contribution in [2.45, 2.75) is 55.4 Å². The fraction of sp³-hybridized carbons (Fsp3) is 0.138. The molecule has 0 radical (unpaired) electrons. The summed E-state index contributed by atoms with van der Waals surface area (Å²) in [6, 6.07) is 36.8. The SMILES string of the molecule is Cc1nc(C)nc(-c2ccc3c(c2)c2cc(-c4nc(C)nc(C)n4)ccc2n3-c2cc(-c3ccc(F)cc3C#N)c(-n3c4ccc(-c5nc(C)nc(C)n5)cc4c4cc(-c5nc(C)nc(C)n5)ccc43)cc2C#N)n1. The molecule has 0 fully saturated rings. The Bertz CT molecular complexity index is 4220. The van der Waals surface area contributed by atoms with Crippen LogP contribution in [0.2, 0.25) is 0 Å². The lowest BCUT2D eigenvalue weighted by atomic mass is 9.95. The first kappa shape index (κ1) is 46.0. The first-order valence-corrected chi connectivity index (χ1v) is 23.9. The Hall–Kier alpha value is -10.1. The predicted molar refractivity (Wildman–Crippen MR) is 283 cm³/mol. The van der Waals surface area contributed by atoms with Crippen LogP contribution in [0.4, 0.5) is 4.39 Å². The zero-order chi connectivity index (χ0) is 52.0. The number of fused-ring (bicyclic) bond motifs is 6. The molecule has 6 heterocycles. The quantitative estimate of drug-likeness (QED) is 0.145. The summed E-state index contributed by atoms with van der Waals surface area (Å²) in [4.78, 5) is 55.3. The van der Waals surface area contributed by atoms with Crippen molar-refractivity contribution in [1.29, 1.82) is 10.5 Å². The van der Waals surface area contributed by atoms with Gasteiger partial charge in [0.15, 0.2) is 23.3 Å². The van der Waals surface area contributed by atoms with Gasteiger partial charge in [0.2, 0.25) is 0 Å². The number of hydrogen-bond acceptors (Lipinski definition) is 14. The molecular weight excluding hydrogens is 940 g/mol. The van der Waals surface area contributed by atoms with E-state index in [1.807, 2.05) is 140 Å². The third-order valence-corrected chi connectivity index (χ3v) is 13.1. The van der Waals surface area contributed by atoms with Gasteiger partial charge in [0.1, 0.15) is 58.5 Å². The van der Waals surface area contributed by atoms with Gasteiger partial charge in [-0.25, -0.2) is 64.2 Å². The van der Waals surface area contributed by atoms with Gasteiger partial charge in [-0.3, -0.25) is 0 Å². The fourth-order valence-corrected chi connectivity index (χ4v) is 10.2. The molecule has 360 valence electrons. The monoisotopic (exact) mass is 980 g/mol. The molecule has 17 heteroatoms. The highest BCUT2D eigenvalue weighted by atomic mass is 19.1. The number of aromatic nitrogens is 14. The Morgan fingerprint density at radius 3 is 0.973 bits per heavy atom. The van der Waals surface area contributed by atoms with Crippen LogP contribution in [-0.2, 0) is 0 Å². The minimum Gasteiger partial charge on any atom is -0.309 e. The first-order valence-electron chi connectivity index (χ1n) is 23.9. The molecule has 0 saturated carbocycles. The van der Waals surface area contributed by atoms with E-state index in [0.717, 1.165) is 65.9 Å². The van der Waals surface area contributed by atoms with Crippen LogP contribution in [0.1, 0.15) is 57.7 Å². The van der Waals surface area contributed by atoms with Gasteiger partial charge in [-0.1, -0.05) is 6.07 Å². The molecule has 0 spiro atoms. The van der Waals surface area contributed by atoms with Crippen LogP contribution in [0.15, 0.2) is 103 Å². The third-order valence-electron chi connectivity index (χ3n) is 13.1. The number of benzene rings is 6. The highest BCUT2D eigenvalue weighted by Crippen LogP contribution is 2.44. The smallest absolute Gasteiger partial charge is 0.163 e. The molecule has 0 bridgehead atoms. The molecular formula is C58H41FN16. The van der Waals surface area contributed by atoms with Gasteiger partial charge in [0.25, 0.3) is 0 Å². The highest BCUT2D eigenvalue weighted by Gasteiger charge is 2.25. The van der Waals surface area contributed by atoms with Crippen molar-refractivity contribution in [2.24, 2.45) is 0 Å². The summed E-state index contributed by atoms with van der Waals surface area (Å²) < 4.78 is 19.3. The van der Waals surface area contributed by atoms with E-state index in [1.165, 1.54) is 12.1 Å². The van der Waals surface area contributed by atoms with Crippen LogP contribution in [-0.4, -0.2) is 68.9 Å². The van der Waals surface area contributed by atoms with Crippen LogP contribution in [0, 0.1) is 83.9 Å². The standard InChI is InChI=1S/C58H41FN16/c1-28-62-29(2)67-55(66-28)36-9-15-49-44(20-36)45-21-37(56-68-30(3)63-31(4)69-56)10-16-50(45)74(49)53-25-48(43-14-13-42(59)19-40(43)26-60)54(24-41(53)27-61)75-51-17-11-38(57-70-32(5)64-33(6)71-57)22-46(51)47-23-39(12-18-52(47)75)58-72-34(7)65-35(8)73-58/h9-25H,1-8H3. The molecule has 75 heavy (non-hydrogen) atoms. The van der Waals surface area contributed by atoms with E-state index >= 15 is 4.39 Å². The maximum absolute atomic E-state index is 15.2. The highest BCUT2D eigenvalue weighted by molar-refractivity contribution is 6.13. The third kappa shape index (κ3) is 8.00. The van der Waals surface area contributed by atoms with Crippen molar-refractivity contribution in [1.82, 2.24) is 68.9 Å². The van der Waals surface area contributed by atoms with Crippen LogP contribution < -0.4 is 0 Å². The average molecular weight is 981 g/mol. The van der Waals surface area contributed by atoms with Crippen LogP contribution >= 0.6 is 0 Å². The lowest BCUT2D eigenvalue weighted by molar-refractivity contribution is 0.627. The maximum atomic E-state index is 15.2. The molecule has 0 aliphatic heterocycles. The lowest BCUT2D eigenvalue weighted by Gasteiger charge is -2.19. The van der Waals surface area contributed by atoms with Gasteiger partial charge in [-0.15, -0.1) is 0 Å². The summed E-state index contributed by atoms with van der Waals surface area (Å²) in [5.74, 6) is 6.27. The van der Waals surface area contributed by atoms with E-state index in [1.54, 1.807) is 6.07 Å². The number of hydrogen-bond donors (Lipinski definition) is 0. The zero-order valence-electron chi connectivity index (χ0n) is 41.8. The molecule has 0 saturated heterocycles. The second-order valence-electron chi connectivity index (χ2n) is 18.4. The first-order chi connectivity index (χ1) is 36.2. The van der Waals surface area contributed by atoms with Crippen LogP contribution in [0.25, 0.3) is 112 Å². The maximum Gasteiger partial charge on any atom is 0.163 e. The summed E-state index contributed by atoms with van der Waals surface area (Å²) >= 11 is 0. The predicted octanol–water partition coefficient (Wildman–Crippen LogP) is 11.3. The summed E-state index contributed by atoms with van der Waals surface area (Å²) in [5.41, 5.74) is 8.74. The number of nitrogens with zero attached hydrogens (tertiary/aromatic N) is 16. The molecule has 12 aromatic rings. The van der Waals surface area contributed by atoms with Crippen molar-refractivity contribution in [3.8, 4) is 80.2 Å². The Kier molecular flexibility index (Phi) is 10.8. The van der Waals surface area contributed by atoms with E-state index in [0.29, 0.717) is 98.0 Å². The Balaban J connectivity index is 1.17. The Morgan fingerprint density at radius 2 is 0.653 bits per heavy atom. The van der Waals surface area contributed by atoms with E-state index < -0.39 is 5.82 Å². The molecule has 16 nitrogen and oxygen atoms in total. The number of nitriles is 2. The molecule has 6 aromatic heterocycles. The number of aryl methyl sites for hydroxylation is 8. The van der Waals surface area contributed by atoms with Gasteiger partial charge in [-0.2, -0.15) is 10.5 Å². The topological polar surface area (TPSA) is 212 Å². The Labute approximate surface area is 428 Å². The van der Waals surface area contributed by atoms with Gasteiger partial charge in [0.05, 0.1) is 50.6 Å². The van der Waals surface area contributed by atoms with Crippen molar-refractivity contribution in [2.75, 3.05) is 0 Å². The number of halogens is 1. The molecule has 6 aromatic carbocycles. The summed E-state index contributed by atoms with van der Waals surface area (Å²) in [7, 11) is 0. The van der Waals surface area contributed by atoms with Gasteiger partial charge in [0, 0.05) is 54.9 Å². The largest absolute Gasteiger partial charge is 0.309 e. The second-order valence-corrected chi connectivity index (χ2v) is 18.4.